The highest BCUT2D eigenvalue weighted by Crippen LogP contribution is 2.22. The van der Waals surface area contributed by atoms with Crippen molar-refractivity contribution in [1.82, 2.24) is 19.6 Å². The Labute approximate surface area is 103 Å². The first-order valence-electron chi connectivity index (χ1n) is 5.39. The minimum Gasteiger partial charge on any atom is -0.481 e. The molecule has 18 heavy (non-hydrogen) atoms. The van der Waals surface area contributed by atoms with Crippen molar-refractivity contribution in [2.24, 2.45) is 0 Å². The van der Waals surface area contributed by atoms with Gasteiger partial charge in [-0.15, -0.1) is 5.10 Å². The Kier molecular flexibility index (Phi) is 2.33. The van der Waals surface area contributed by atoms with Gasteiger partial charge in [0.25, 0.3) is 0 Å². The molecule has 0 aliphatic carbocycles. The van der Waals surface area contributed by atoms with Crippen LogP contribution in [-0.4, -0.2) is 26.7 Å². The van der Waals surface area contributed by atoms with E-state index in [9.17, 15) is 0 Å². The fraction of sp³-hybridized carbons (Fsp3) is 0.0833. The van der Waals surface area contributed by atoms with Gasteiger partial charge in [-0.3, -0.25) is 0 Å². The summed E-state index contributed by atoms with van der Waals surface area (Å²) in [5.74, 6) is 0.807. The number of fused-ring (bicyclic) bond motifs is 1. The van der Waals surface area contributed by atoms with E-state index in [1.807, 2.05) is 30.3 Å². The number of aromatic nitrogens is 4. The molecule has 0 aliphatic rings. The van der Waals surface area contributed by atoms with Crippen molar-refractivity contribution in [3.05, 3.63) is 36.5 Å². The molecule has 3 aromatic rings. The van der Waals surface area contributed by atoms with Gasteiger partial charge in [-0.05, 0) is 18.2 Å². The van der Waals surface area contributed by atoms with Crippen LogP contribution in [-0.2, 0) is 0 Å². The average molecular weight is 241 g/mol. The Hall–Kier alpha value is -2.63. The Morgan fingerprint density at radius 3 is 3.00 bits per heavy atom. The van der Waals surface area contributed by atoms with Gasteiger partial charge in [-0.1, -0.05) is 6.07 Å². The minimum atomic E-state index is 0.253. The van der Waals surface area contributed by atoms with E-state index in [0.29, 0.717) is 11.5 Å². The van der Waals surface area contributed by atoms with Crippen LogP contribution in [0, 0.1) is 0 Å². The number of hydrogen-bond acceptors (Lipinski definition) is 5. The van der Waals surface area contributed by atoms with Crippen LogP contribution in [0.15, 0.2) is 36.5 Å². The van der Waals surface area contributed by atoms with Gasteiger partial charge in [0.1, 0.15) is 0 Å². The van der Waals surface area contributed by atoms with Gasteiger partial charge in [-0.25, -0.2) is 9.50 Å². The molecule has 2 N–H and O–H groups in total. The molecule has 0 unspecified atom stereocenters. The van der Waals surface area contributed by atoms with Crippen LogP contribution < -0.4 is 10.5 Å². The molecule has 3 rings (SSSR count). The summed E-state index contributed by atoms with van der Waals surface area (Å²) in [6.07, 6.45) is 1.69. The highest BCUT2D eigenvalue weighted by atomic mass is 16.5. The third-order valence-corrected chi connectivity index (χ3v) is 2.62. The van der Waals surface area contributed by atoms with Gasteiger partial charge < -0.3 is 10.5 Å². The lowest BCUT2D eigenvalue weighted by Crippen LogP contribution is -1.95. The van der Waals surface area contributed by atoms with Gasteiger partial charge in [0.05, 0.1) is 12.8 Å². The molecule has 0 atom stereocenters. The second-order valence-electron chi connectivity index (χ2n) is 3.74. The van der Waals surface area contributed by atoms with Crippen LogP contribution in [0.5, 0.6) is 5.88 Å². The summed E-state index contributed by atoms with van der Waals surface area (Å²) < 4.78 is 6.81. The van der Waals surface area contributed by atoms with Crippen LogP contribution in [0.1, 0.15) is 0 Å². The van der Waals surface area contributed by atoms with E-state index in [1.165, 1.54) is 0 Å². The maximum Gasteiger partial charge on any atom is 0.240 e. The first-order valence-corrected chi connectivity index (χ1v) is 5.39. The molecular formula is C12H11N5O. The molecule has 0 amide bonds. The minimum absolute atomic E-state index is 0.253. The summed E-state index contributed by atoms with van der Waals surface area (Å²) in [7, 11) is 1.58. The standard InChI is InChI=1S/C12H11N5O/c1-18-11-7-8(5-6-14-11)9-3-2-4-10-15-12(13)16-17(9)10/h2-7H,1H3,(H2,13,16). The van der Waals surface area contributed by atoms with E-state index in [0.717, 1.165) is 11.3 Å². The molecule has 0 spiro atoms. The summed E-state index contributed by atoms with van der Waals surface area (Å²) >= 11 is 0. The van der Waals surface area contributed by atoms with Crippen LogP contribution in [0.4, 0.5) is 5.95 Å². The maximum absolute atomic E-state index is 5.61. The topological polar surface area (TPSA) is 78.3 Å². The van der Waals surface area contributed by atoms with Crippen LogP contribution in [0.25, 0.3) is 16.9 Å². The van der Waals surface area contributed by atoms with Crippen LogP contribution >= 0.6 is 0 Å². The molecule has 6 heteroatoms. The molecular weight excluding hydrogens is 230 g/mol. The molecule has 0 aliphatic heterocycles. The van der Waals surface area contributed by atoms with E-state index < -0.39 is 0 Å². The highest BCUT2D eigenvalue weighted by molar-refractivity contribution is 5.64. The second kappa shape index (κ2) is 3.99. The molecule has 0 fully saturated rings. The zero-order valence-corrected chi connectivity index (χ0v) is 9.74. The average Bonchev–Trinajstić information content (AvgIpc) is 2.78. The molecule has 3 heterocycles. The van der Waals surface area contributed by atoms with Crippen molar-refractivity contribution in [1.29, 1.82) is 0 Å². The number of nitrogens with two attached hydrogens (primary N) is 1. The van der Waals surface area contributed by atoms with Crippen LogP contribution in [0.3, 0.4) is 0 Å². The first-order chi connectivity index (χ1) is 8.78. The van der Waals surface area contributed by atoms with Gasteiger partial charge in [0.15, 0.2) is 5.65 Å². The largest absolute Gasteiger partial charge is 0.481 e. The van der Waals surface area contributed by atoms with Crippen molar-refractivity contribution in [3.8, 4) is 17.1 Å². The summed E-state index contributed by atoms with van der Waals surface area (Å²) in [5, 5.41) is 4.17. The van der Waals surface area contributed by atoms with E-state index in [4.69, 9.17) is 10.5 Å². The molecule has 6 nitrogen and oxygen atoms in total. The Morgan fingerprint density at radius 2 is 2.17 bits per heavy atom. The Morgan fingerprint density at radius 1 is 1.28 bits per heavy atom. The number of pyridine rings is 2. The van der Waals surface area contributed by atoms with E-state index in [-0.39, 0.29) is 5.95 Å². The SMILES string of the molecule is COc1cc(-c2cccc3nc(N)nn23)ccn1. The van der Waals surface area contributed by atoms with E-state index in [2.05, 4.69) is 15.1 Å². The van der Waals surface area contributed by atoms with Gasteiger partial charge in [0, 0.05) is 17.8 Å². The molecule has 3 aromatic heterocycles. The van der Waals surface area contributed by atoms with Crippen molar-refractivity contribution in [2.45, 2.75) is 0 Å². The fourth-order valence-corrected chi connectivity index (χ4v) is 1.82. The van der Waals surface area contributed by atoms with Crippen molar-refractivity contribution in [2.75, 3.05) is 12.8 Å². The van der Waals surface area contributed by atoms with Gasteiger partial charge >= 0.3 is 0 Å². The molecule has 0 saturated carbocycles. The third-order valence-electron chi connectivity index (χ3n) is 2.62. The number of anilines is 1. The van der Waals surface area contributed by atoms with Crippen LogP contribution in [0.2, 0.25) is 0 Å². The number of methoxy groups -OCH3 is 1. The van der Waals surface area contributed by atoms with Gasteiger partial charge in [-0.2, -0.15) is 4.98 Å². The summed E-state index contributed by atoms with van der Waals surface area (Å²) in [4.78, 5) is 8.20. The highest BCUT2D eigenvalue weighted by Gasteiger charge is 2.07. The lowest BCUT2D eigenvalue weighted by molar-refractivity contribution is 0.398. The van der Waals surface area contributed by atoms with E-state index in [1.54, 1.807) is 17.8 Å². The summed E-state index contributed by atoms with van der Waals surface area (Å²) in [6, 6.07) is 9.43. The monoisotopic (exact) mass is 241 g/mol. The summed E-state index contributed by atoms with van der Waals surface area (Å²) in [5.41, 5.74) is 8.15. The van der Waals surface area contributed by atoms with Crippen molar-refractivity contribution in [3.63, 3.8) is 0 Å². The normalized spacial score (nSPS) is 10.7. The zero-order valence-electron chi connectivity index (χ0n) is 9.74. The molecule has 90 valence electrons. The van der Waals surface area contributed by atoms with Crippen molar-refractivity contribution >= 4 is 11.6 Å². The first kappa shape index (κ1) is 10.5. The van der Waals surface area contributed by atoms with E-state index >= 15 is 0 Å². The number of hydrogen-bond donors (Lipinski definition) is 1. The fourth-order valence-electron chi connectivity index (χ4n) is 1.82. The predicted molar refractivity (Wildman–Crippen MR) is 67.2 cm³/mol. The maximum atomic E-state index is 5.61. The lowest BCUT2D eigenvalue weighted by Gasteiger charge is -2.05. The molecule has 0 radical (unpaired) electrons. The molecule has 0 saturated heterocycles. The molecule has 0 aromatic carbocycles. The quantitative estimate of drug-likeness (QED) is 0.733. The summed E-state index contributed by atoms with van der Waals surface area (Å²) in [6.45, 7) is 0. The Bertz CT molecular complexity index is 707. The number of nitrogen functional groups attached to an aromatic ring is 1. The predicted octanol–water partition coefficient (Wildman–Crippen LogP) is 1.38. The number of ether oxygens (including phenoxy) is 1. The second-order valence-corrected chi connectivity index (χ2v) is 3.74. The zero-order chi connectivity index (χ0) is 12.5. The lowest BCUT2D eigenvalue weighted by atomic mass is 10.2. The Balaban J connectivity index is 2.24. The number of rotatable bonds is 2. The van der Waals surface area contributed by atoms with Gasteiger partial charge in [0.2, 0.25) is 11.8 Å². The third kappa shape index (κ3) is 1.64. The van der Waals surface area contributed by atoms with Crippen molar-refractivity contribution < 1.29 is 4.74 Å². The molecule has 0 bridgehead atoms. The number of nitrogens with zero attached hydrogens (tertiary/aromatic N) is 4. The smallest absolute Gasteiger partial charge is 0.240 e.